The number of phenolic OH excluding ortho intramolecular Hbond substituents is 2. The molecule has 22 nitrogen and oxygen atoms in total. The van der Waals surface area contributed by atoms with Crippen LogP contribution in [0.1, 0.15) is 74.1 Å². The Hall–Kier alpha value is -13.3. The first-order chi connectivity index (χ1) is 50.0. The molecular weight excluding hydrogens is 1370 g/mol. The molecule has 11 rings (SSSR count). The number of alkyl halides is 3. The van der Waals surface area contributed by atoms with Crippen LogP contribution in [0.15, 0.2) is 258 Å². The Kier molecular flexibility index (Phi) is 31.4. The Labute approximate surface area is 597 Å². The molecule has 0 radical (unpaired) electrons. The zero-order chi connectivity index (χ0) is 75.0. The molecule has 2 amide bonds. The number of carbonyl (C=O) groups excluding carboxylic acids is 6. The Bertz CT molecular complexity index is 5030. The molecule has 7 N–H and O–H groups in total. The zero-order valence-corrected chi connectivity index (χ0v) is 56.4. The number of amides is 2. The molecule has 0 saturated heterocycles. The zero-order valence-electron chi connectivity index (χ0n) is 56.4. The first kappa shape index (κ1) is 80.7. The summed E-state index contributed by atoms with van der Waals surface area (Å²) >= 11 is 0. The lowest BCUT2D eigenvalue weighted by Crippen LogP contribution is -2.36. The normalized spacial score (nSPS) is 10.9. The molecule has 1 atom stereocenters. The molecule has 3 aromatic heterocycles. The van der Waals surface area contributed by atoms with E-state index >= 15 is 0 Å². The fourth-order valence-corrected chi connectivity index (χ4v) is 9.55. The molecule has 1 unspecified atom stereocenters. The van der Waals surface area contributed by atoms with Crippen molar-refractivity contribution >= 4 is 87.0 Å². The highest BCUT2D eigenvalue weighted by molar-refractivity contribution is 5.94. The van der Waals surface area contributed by atoms with E-state index in [9.17, 15) is 71.3 Å². The van der Waals surface area contributed by atoms with Crippen LogP contribution in [-0.4, -0.2) is 83.0 Å². The van der Waals surface area contributed by atoms with Crippen molar-refractivity contribution in [2.75, 3.05) is 14.2 Å². The van der Waals surface area contributed by atoms with Crippen molar-refractivity contribution in [1.82, 2.24) is 10.6 Å². The second-order valence-electron chi connectivity index (χ2n) is 22.4. The molecule has 0 bridgehead atoms. The maximum atomic E-state index is 12.4. The van der Waals surface area contributed by atoms with E-state index < -0.39 is 52.6 Å². The van der Waals surface area contributed by atoms with Crippen LogP contribution in [0.2, 0.25) is 0 Å². The highest BCUT2D eigenvalue weighted by atomic mass is 19.4. The highest BCUT2D eigenvalue weighted by Gasteiger charge is 2.30. The number of aldehydes is 1. The Balaban J connectivity index is 0.000000207. The number of nitrogens with one attached hydrogen (secondary N) is 2. The number of rotatable bonds is 21. The van der Waals surface area contributed by atoms with E-state index in [1.54, 1.807) is 103 Å². The van der Waals surface area contributed by atoms with Crippen molar-refractivity contribution in [3.05, 3.63) is 312 Å². The average molecular weight is 1440 g/mol. The number of carbonyl (C=O) groups is 7. The average Bonchev–Trinajstić information content (AvgIpc) is 0.643. The van der Waals surface area contributed by atoms with Gasteiger partial charge in [0.15, 0.2) is 0 Å². The number of hydrogen-bond acceptors (Lipinski definition) is 18. The predicted octanol–water partition coefficient (Wildman–Crippen LogP) is 12.1. The van der Waals surface area contributed by atoms with Crippen molar-refractivity contribution < 1.29 is 95.0 Å². The van der Waals surface area contributed by atoms with E-state index in [1.807, 2.05) is 66.7 Å². The Morgan fingerprint density at radius 1 is 0.524 bits per heavy atom. The van der Waals surface area contributed by atoms with Gasteiger partial charge in [-0.3, -0.25) is 24.0 Å². The molecule has 0 aliphatic carbocycles. The number of methoxy groups -OCH3 is 2. The van der Waals surface area contributed by atoms with Gasteiger partial charge in [-0.2, -0.15) is 13.2 Å². The van der Waals surface area contributed by atoms with Crippen molar-refractivity contribution in [2.24, 2.45) is 0 Å². The molecule has 25 heteroatoms. The van der Waals surface area contributed by atoms with Crippen LogP contribution in [0.25, 0.3) is 45.1 Å². The van der Waals surface area contributed by atoms with Crippen molar-refractivity contribution in [3.8, 4) is 17.2 Å². The number of carboxylic acid groups (broad SMARTS) is 1. The number of aryl methyl sites for hydroxylation is 3. The number of aliphatic carboxylic acids is 1. The summed E-state index contributed by atoms with van der Waals surface area (Å²) in [6, 6.07) is 59.6. The van der Waals surface area contributed by atoms with Crippen LogP contribution in [0, 0.1) is 0 Å². The molecule has 11 aromatic rings. The summed E-state index contributed by atoms with van der Waals surface area (Å²) in [6.45, 7) is 0.126. The number of fused-ring (bicyclic) bond motifs is 3. The van der Waals surface area contributed by atoms with Crippen LogP contribution in [0.3, 0.4) is 0 Å². The van der Waals surface area contributed by atoms with E-state index in [0.717, 1.165) is 40.1 Å². The topological polar surface area (TPSA) is 354 Å². The molecule has 105 heavy (non-hydrogen) atoms. The summed E-state index contributed by atoms with van der Waals surface area (Å²) in [5.74, 6) is -2.86. The number of esters is 3. The van der Waals surface area contributed by atoms with Gasteiger partial charge in [-0.15, -0.1) is 0 Å². The third-order valence-corrected chi connectivity index (χ3v) is 14.9. The van der Waals surface area contributed by atoms with Crippen molar-refractivity contribution in [2.45, 2.75) is 63.7 Å². The van der Waals surface area contributed by atoms with Gasteiger partial charge in [-0.05, 0) is 133 Å². The van der Waals surface area contributed by atoms with Gasteiger partial charge >= 0.3 is 46.9 Å². The van der Waals surface area contributed by atoms with Crippen LogP contribution in [-0.2, 0) is 76.6 Å². The Morgan fingerprint density at radius 3 is 1.53 bits per heavy atom. The molecule has 542 valence electrons. The quantitative estimate of drug-likeness (QED) is 0.0147. The summed E-state index contributed by atoms with van der Waals surface area (Å²) in [6.07, 6.45) is 3.22. The number of carboxylic acids is 1. The second-order valence-corrected chi connectivity index (χ2v) is 22.4. The van der Waals surface area contributed by atoms with Gasteiger partial charge in [-0.1, -0.05) is 140 Å². The van der Waals surface area contributed by atoms with E-state index in [1.165, 1.54) is 74.9 Å². The molecule has 0 aliphatic heterocycles. The molecule has 3 heterocycles. The summed E-state index contributed by atoms with van der Waals surface area (Å²) in [7, 11) is 2.57. The van der Waals surface area contributed by atoms with Gasteiger partial charge in [0.25, 0.3) is 0 Å². The number of ether oxygens (including phenoxy) is 3. The minimum atomic E-state index is -4.37. The Morgan fingerprint density at radius 2 is 1.02 bits per heavy atom. The number of phenols is 2. The van der Waals surface area contributed by atoms with Gasteiger partial charge in [-0.25, -0.2) is 19.2 Å². The van der Waals surface area contributed by atoms with Gasteiger partial charge < -0.3 is 63.7 Å². The van der Waals surface area contributed by atoms with Crippen molar-refractivity contribution in [3.63, 3.8) is 0 Å². The third kappa shape index (κ3) is 26.6. The smallest absolute Gasteiger partial charge is 0.416 e. The summed E-state index contributed by atoms with van der Waals surface area (Å²) < 4.78 is 67.2. The van der Waals surface area contributed by atoms with E-state index in [2.05, 4.69) is 20.1 Å². The molecule has 0 saturated carbocycles. The summed E-state index contributed by atoms with van der Waals surface area (Å²) in [5.41, 5.74) is 3.71. The van der Waals surface area contributed by atoms with E-state index in [0.29, 0.717) is 63.0 Å². The summed E-state index contributed by atoms with van der Waals surface area (Å²) in [5, 5.41) is 35.1. The number of hydrogen-bond donors (Lipinski definition) is 5. The molecule has 0 aliphatic rings. The van der Waals surface area contributed by atoms with Gasteiger partial charge in [0, 0.05) is 70.0 Å². The van der Waals surface area contributed by atoms with Gasteiger partial charge in [0.1, 0.15) is 45.8 Å². The lowest BCUT2D eigenvalue weighted by atomic mass is 10.1. The van der Waals surface area contributed by atoms with E-state index in [-0.39, 0.29) is 84.7 Å². The molecule has 8 aromatic carbocycles. The molecule has 0 fully saturated rings. The summed E-state index contributed by atoms with van der Waals surface area (Å²) in [4.78, 5) is 115. The standard InChI is InChI=1S/C20H16O6.C18H17NO3.C17H14F3NO2.C13H12O4.C12H10O4.H2O/c1-24-20(23)15-7-3-5-9-17(15)25-18(21)11-10-14-12-13-6-2-4-8-16(13)26-19(14)22;20-13-16(12-14-6-2-1-3-7-14)19-18(22)11-10-15-8-4-5-9-17(15)21;18-17(19,20)14-7-4-13(5-8-14)11-21-16(23)9-6-12-2-1-3-15(22)10-12;1-16-12(14)7-6-10-8-9-4-2-3-5-11(9)17-13(10)15;13-11(14)6-5-9-7-8-3-1-2-4-10(8)16-12(9)15;/h2-9,12H,10-11H2,1H3;1-11,13,16,21H,12H2,(H,19,22);1-10,22H,11H2,(H,21,23);2-5,8H,6-7H2,1H3;1-4,7H,5-6H2,(H,13,14);1H2/b;11-10+;9-6+;;;. The molecule has 0 spiro atoms. The van der Waals surface area contributed by atoms with Crippen LogP contribution in [0.5, 0.6) is 17.2 Å². The van der Waals surface area contributed by atoms with Crippen LogP contribution in [0.4, 0.5) is 13.2 Å². The lowest BCUT2D eigenvalue weighted by molar-refractivity contribution is -0.141. The van der Waals surface area contributed by atoms with Crippen LogP contribution < -0.4 is 32.2 Å². The minimum Gasteiger partial charge on any atom is -0.508 e. The highest BCUT2D eigenvalue weighted by Crippen LogP contribution is 2.29. The minimum absolute atomic E-state index is 0. The van der Waals surface area contributed by atoms with Crippen molar-refractivity contribution in [1.29, 1.82) is 0 Å². The maximum absolute atomic E-state index is 12.4. The number of benzene rings is 8. The number of aromatic hydroxyl groups is 2. The monoisotopic (exact) mass is 1440 g/mol. The SMILES string of the molecule is COC(=O)CCc1cc2ccccc2oc1=O.COC(=O)c1ccccc1OC(=O)CCc1cc2ccccc2oc1=O.O.O=C(/C=C/c1cccc(O)c1)NCc1ccc(C(F)(F)F)cc1.O=C(O)CCc1cc2ccccc2oc1=O.O=CC(Cc1ccccc1)NC(=O)/C=C/c1ccccc1O. The van der Waals surface area contributed by atoms with Gasteiger partial charge in [0.2, 0.25) is 11.8 Å². The van der Waals surface area contributed by atoms with Crippen LogP contribution >= 0.6 is 0 Å². The fourth-order valence-electron chi connectivity index (χ4n) is 9.55. The third-order valence-electron chi connectivity index (χ3n) is 14.9. The molecular formula is C80H71F3N2O20. The lowest BCUT2D eigenvalue weighted by Gasteiger charge is -2.11. The number of halogens is 3. The van der Waals surface area contributed by atoms with Gasteiger partial charge in [0.05, 0.1) is 32.2 Å². The predicted molar refractivity (Wildman–Crippen MR) is 385 cm³/mol. The number of para-hydroxylation sites is 5. The van der Waals surface area contributed by atoms with E-state index in [4.69, 9.17) is 23.1 Å². The first-order valence-electron chi connectivity index (χ1n) is 31.9. The maximum Gasteiger partial charge on any atom is 0.416 e. The second kappa shape index (κ2) is 40.8. The fraction of sp³-hybridized carbons (Fsp3) is 0.150. The largest absolute Gasteiger partial charge is 0.508 e. The first-order valence-corrected chi connectivity index (χ1v) is 31.9.